The number of nitrogens with one attached hydrogen (secondary N) is 1. The summed E-state index contributed by atoms with van der Waals surface area (Å²) in [4.78, 5) is 36.3. The molecule has 0 fully saturated rings. The maximum absolute atomic E-state index is 14.0. The van der Waals surface area contributed by atoms with E-state index in [0.717, 1.165) is 5.56 Å². The van der Waals surface area contributed by atoms with Crippen molar-refractivity contribution in [3.05, 3.63) is 83.6 Å². The third-order valence-electron chi connectivity index (χ3n) is 6.74. The minimum atomic E-state index is -1.21. The van der Waals surface area contributed by atoms with Gasteiger partial charge >= 0.3 is 5.97 Å². The number of aliphatic hydroxyl groups is 2. The third-order valence-corrected chi connectivity index (χ3v) is 6.74. The van der Waals surface area contributed by atoms with Crippen LogP contribution in [0, 0.1) is 5.82 Å². The van der Waals surface area contributed by atoms with Crippen molar-refractivity contribution in [2.24, 2.45) is 5.73 Å². The van der Waals surface area contributed by atoms with Gasteiger partial charge in [0.1, 0.15) is 11.5 Å². The van der Waals surface area contributed by atoms with E-state index >= 15 is 0 Å². The Morgan fingerprint density at radius 1 is 0.976 bits per heavy atom. The first-order chi connectivity index (χ1) is 19.9. The second kappa shape index (κ2) is 14.6. The first-order valence-electron chi connectivity index (χ1n) is 13.8. The molecule has 224 valence electrons. The van der Waals surface area contributed by atoms with Crippen molar-refractivity contribution in [1.29, 1.82) is 0 Å². The number of benzene rings is 2. The number of nitrogens with two attached hydrogens (primary N) is 1. The van der Waals surface area contributed by atoms with Crippen LogP contribution in [0.4, 0.5) is 4.39 Å². The van der Waals surface area contributed by atoms with Crippen LogP contribution >= 0.6 is 0 Å². The van der Waals surface area contributed by atoms with Crippen molar-refractivity contribution < 1.29 is 34.1 Å². The van der Waals surface area contributed by atoms with Crippen LogP contribution in [0.25, 0.3) is 22.3 Å². The summed E-state index contributed by atoms with van der Waals surface area (Å²) in [6, 6.07) is 15.0. The number of carbonyl (C=O) groups is 3. The number of nitrogens with zero attached hydrogens (tertiary/aromatic N) is 1. The second-order valence-corrected chi connectivity index (χ2v) is 10.6. The normalized spacial score (nSPS) is 13.2. The minimum absolute atomic E-state index is 0.0582. The molecule has 2 atom stereocenters. The highest BCUT2D eigenvalue weighted by molar-refractivity contribution is 6.05. The Morgan fingerprint density at radius 2 is 1.60 bits per heavy atom. The highest BCUT2D eigenvalue weighted by Gasteiger charge is 2.30. The van der Waals surface area contributed by atoms with Crippen molar-refractivity contribution in [1.82, 2.24) is 9.88 Å². The molecule has 2 aromatic carbocycles. The van der Waals surface area contributed by atoms with Gasteiger partial charge in [0.15, 0.2) is 5.78 Å². The fourth-order valence-corrected chi connectivity index (χ4v) is 5.09. The van der Waals surface area contributed by atoms with Crippen molar-refractivity contribution >= 4 is 17.7 Å². The SMILES string of the molecule is CC(=O)/C=C(/N)CNC(=O)c1c(-c2ccccc2)c(-c2ccc(F)cc2)c(CC[C@@H](O)C[C@@H](O)CC(=O)O)n1C(C)C. The molecule has 9 nitrogen and oxygen atoms in total. The summed E-state index contributed by atoms with van der Waals surface area (Å²) in [6.45, 7) is 5.14. The summed E-state index contributed by atoms with van der Waals surface area (Å²) >= 11 is 0. The van der Waals surface area contributed by atoms with Gasteiger partial charge in [0, 0.05) is 34.6 Å². The quantitative estimate of drug-likeness (QED) is 0.179. The largest absolute Gasteiger partial charge is 0.481 e. The number of halogens is 1. The van der Waals surface area contributed by atoms with Crippen molar-refractivity contribution in [2.45, 2.75) is 64.7 Å². The molecule has 0 aliphatic heterocycles. The maximum atomic E-state index is 14.0. The zero-order valence-corrected chi connectivity index (χ0v) is 24.0. The molecule has 6 N–H and O–H groups in total. The van der Waals surface area contributed by atoms with E-state index in [1.165, 1.54) is 25.1 Å². The van der Waals surface area contributed by atoms with Gasteiger partial charge in [0.05, 0.1) is 25.2 Å². The molecular formula is C32H38FN3O6. The van der Waals surface area contributed by atoms with Gasteiger partial charge in [0.25, 0.3) is 5.91 Å². The summed E-state index contributed by atoms with van der Waals surface area (Å²) in [5, 5.41) is 32.5. The van der Waals surface area contributed by atoms with Gasteiger partial charge < -0.3 is 30.9 Å². The smallest absolute Gasteiger partial charge is 0.305 e. The van der Waals surface area contributed by atoms with Gasteiger partial charge in [-0.1, -0.05) is 42.5 Å². The summed E-state index contributed by atoms with van der Waals surface area (Å²) in [5.74, 6) is -2.26. The van der Waals surface area contributed by atoms with Crippen molar-refractivity contribution in [2.75, 3.05) is 6.54 Å². The van der Waals surface area contributed by atoms with Crippen molar-refractivity contribution in [3.63, 3.8) is 0 Å². The monoisotopic (exact) mass is 579 g/mol. The highest BCUT2D eigenvalue weighted by Crippen LogP contribution is 2.42. The Bertz CT molecular complexity index is 1430. The minimum Gasteiger partial charge on any atom is -0.481 e. The topological polar surface area (TPSA) is 155 Å². The number of carbonyl (C=O) groups excluding carboxylic acids is 2. The van der Waals surface area contributed by atoms with E-state index in [-0.39, 0.29) is 43.3 Å². The molecule has 3 rings (SSSR count). The fourth-order valence-electron chi connectivity index (χ4n) is 5.09. The Morgan fingerprint density at radius 3 is 2.17 bits per heavy atom. The number of carboxylic acids is 1. The molecule has 0 saturated carbocycles. The molecule has 1 aromatic heterocycles. The highest BCUT2D eigenvalue weighted by atomic mass is 19.1. The number of hydrogen-bond donors (Lipinski definition) is 5. The molecule has 0 aliphatic carbocycles. The molecule has 1 heterocycles. The van der Waals surface area contributed by atoms with Gasteiger partial charge in [-0.3, -0.25) is 14.4 Å². The average molecular weight is 580 g/mol. The van der Waals surface area contributed by atoms with Gasteiger partial charge in [0.2, 0.25) is 0 Å². The Hall–Kier alpha value is -4.28. The zero-order valence-electron chi connectivity index (χ0n) is 24.0. The van der Waals surface area contributed by atoms with E-state index in [2.05, 4.69) is 5.32 Å². The van der Waals surface area contributed by atoms with Crippen LogP contribution in [0.5, 0.6) is 0 Å². The molecule has 0 radical (unpaired) electrons. The molecule has 42 heavy (non-hydrogen) atoms. The van der Waals surface area contributed by atoms with E-state index in [1.807, 2.05) is 48.7 Å². The van der Waals surface area contributed by atoms with E-state index in [9.17, 15) is 29.0 Å². The van der Waals surface area contributed by atoms with Crippen LogP contribution in [-0.2, 0) is 16.0 Å². The zero-order chi connectivity index (χ0) is 31.0. The van der Waals surface area contributed by atoms with Gasteiger partial charge in [-0.15, -0.1) is 0 Å². The lowest BCUT2D eigenvalue weighted by molar-refractivity contribution is -0.139. The van der Waals surface area contributed by atoms with Crippen LogP contribution < -0.4 is 11.1 Å². The number of hydrogen-bond acceptors (Lipinski definition) is 6. The second-order valence-electron chi connectivity index (χ2n) is 10.6. The summed E-state index contributed by atoms with van der Waals surface area (Å²) in [6.07, 6.45) is -1.14. The number of aliphatic hydroxyl groups excluding tert-OH is 2. The van der Waals surface area contributed by atoms with E-state index in [1.54, 1.807) is 12.1 Å². The molecule has 3 aromatic rings. The average Bonchev–Trinajstić information content (AvgIpc) is 3.26. The molecule has 1 amide bonds. The van der Waals surface area contributed by atoms with Crippen LogP contribution in [0.15, 0.2) is 66.4 Å². The molecule has 0 bridgehead atoms. The fraction of sp³-hybridized carbons (Fsp3) is 0.344. The lowest BCUT2D eigenvalue weighted by Gasteiger charge is -2.20. The Balaban J connectivity index is 2.20. The van der Waals surface area contributed by atoms with E-state index in [4.69, 9.17) is 10.8 Å². The Labute approximate surface area is 244 Å². The summed E-state index contributed by atoms with van der Waals surface area (Å²) in [7, 11) is 0. The molecule has 0 unspecified atom stereocenters. The summed E-state index contributed by atoms with van der Waals surface area (Å²) in [5.41, 5.74) is 9.88. The number of carboxylic acid groups (broad SMARTS) is 1. The number of rotatable bonds is 14. The maximum Gasteiger partial charge on any atom is 0.305 e. The van der Waals surface area contributed by atoms with E-state index < -0.39 is 36.3 Å². The van der Waals surface area contributed by atoms with Crippen LogP contribution in [0.2, 0.25) is 0 Å². The lowest BCUT2D eigenvalue weighted by atomic mass is 9.92. The number of aliphatic carboxylic acids is 1. The summed E-state index contributed by atoms with van der Waals surface area (Å²) < 4.78 is 15.9. The van der Waals surface area contributed by atoms with Gasteiger partial charge in [-0.05, 0) is 63.3 Å². The molecule has 10 heteroatoms. The Kier molecular flexibility index (Phi) is 11.2. The number of amides is 1. The number of allylic oxidation sites excluding steroid dienone is 1. The van der Waals surface area contributed by atoms with Gasteiger partial charge in [-0.2, -0.15) is 0 Å². The van der Waals surface area contributed by atoms with Crippen LogP contribution in [0.1, 0.15) is 62.3 Å². The standard InChI is InChI=1S/C32H38FN3O6/c1-19(2)36-27(14-13-25(38)16-26(39)17-28(40)41)29(22-9-11-23(33)12-10-22)30(21-7-5-4-6-8-21)31(36)32(42)35-18-24(34)15-20(3)37/h4-12,15,19,25-26,38-39H,13-14,16-18,34H2,1-3H3,(H,35,42)(H,40,41)/b24-15+/t25-,26-/m1/s1. The first kappa shape index (κ1) is 32.2. The van der Waals surface area contributed by atoms with Crippen LogP contribution in [0.3, 0.4) is 0 Å². The molecule has 0 aliphatic rings. The number of ketones is 1. The lowest BCUT2D eigenvalue weighted by Crippen LogP contribution is -2.31. The van der Waals surface area contributed by atoms with E-state index in [0.29, 0.717) is 28.1 Å². The molecule has 0 saturated heterocycles. The van der Waals surface area contributed by atoms with Crippen LogP contribution in [-0.4, -0.2) is 56.3 Å². The third kappa shape index (κ3) is 8.37. The van der Waals surface area contributed by atoms with Gasteiger partial charge in [-0.25, -0.2) is 4.39 Å². The predicted octanol–water partition coefficient (Wildman–Crippen LogP) is 4.22. The van der Waals surface area contributed by atoms with Crippen molar-refractivity contribution in [3.8, 4) is 22.3 Å². The first-order valence-corrected chi connectivity index (χ1v) is 13.8. The molecular weight excluding hydrogens is 541 g/mol. The predicted molar refractivity (Wildman–Crippen MR) is 158 cm³/mol. The molecule has 0 spiro atoms. The number of aromatic nitrogens is 1.